The molecule has 0 spiro atoms. The van der Waals surface area contributed by atoms with Crippen molar-refractivity contribution in [1.82, 2.24) is 10.3 Å². The molecule has 1 heterocycles. The van der Waals surface area contributed by atoms with E-state index in [1.54, 1.807) is 0 Å². The zero-order valence-electron chi connectivity index (χ0n) is 8.89. The highest BCUT2D eigenvalue weighted by Crippen LogP contribution is 2.06. The van der Waals surface area contributed by atoms with Crippen LogP contribution >= 0.6 is 0 Å². The van der Waals surface area contributed by atoms with Gasteiger partial charge >= 0.3 is 0 Å². The molecule has 0 fully saturated rings. The second kappa shape index (κ2) is 4.38. The largest absolute Gasteiger partial charge is 0.310 e. The van der Waals surface area contributed by atoms with Gasteiger partial charge in [0.25, 0.3) is 0 Å². The monoisotopic (exact) mass is 178 g/mol. The average molecular weight is 178 g/mol. The molecule has 0 aliphatic carbocycles. The van der Waals surface area contributed by atoms with Crippen molar-refractivity contribution in [3.63, 3.8) is 0 Å². The summed E-state index contributed by atoms with van der Waals surface area (Å²) in [6, 6.07) is 2.72. The molecule has 0 aliphatic heterocycles. The normalized spacial score (nSPS) is 10.8. The van der Waals surface area contributed by atoms with Gasteiger partial charge in [-0.05, 0) is 25.0 Å². The molecule has 0 unspecified atom stereocenters. The quantitative estimate of drug-likeness (QED) is 0.767. The van der Waals surface area contributed by atoms with Crippen LogP contribution in [-0.4, -0.2) is 11.0 Å². The standard InChI is InChI=1S/C11H18N2/c1-8(2)12-6-11-5-9(3)10(4)13-7-11/h5,7-8,12H,6H2,1-4H3. The summed E-state index contributed by atoms with van der Waals surface area (Å²) in [6.45, 7) is 9.34. The van der Waals surface area contributed by atoms with E-state index in [0.717, 1.165) is 12.2 Å². The van der Waals surface area contributed by atoms with E-state index in [4.69, 9.17) is 0 Å². The third-order valence-corrected chi connectivity index (χ3v) is 2.11. The van der Waals surface area contributed by atoms with E-state index in [1.165, 1.54) is 11.1 Å². The fourth-order valence-electron chi connectivity index (χ4n) is 1.12. The Bertz CT molecular complexity index is 279. The summed E-state index contributed by atoms with van der Waals surface area (Å²) in [4.78, 5) is 4.32. The number of aryl methyl sites for hydroxylation is 2. The van der Waals surface area contributed by atoms with Crippen molar-refractivity contribution in [3.05, 3.63) is 29.1 Å². The maximum Gasteiger partial charge on any atom is 0.0402 e. The van der Waals surface area contributed by atoms with Gasteiger partial charge in [-0.3, -0.25) is 4.98 Å². The van der Waals surface area contributed by atoms with Crippen LogP contribution in [0.2, 0.25) is 0 Å². The van der Waals surface area contributed by atoms with Crippen LogP contribution in [0.3, 0.4) is 0 Å². The van der Waals surface area contributed by atoms with E-state index in [0.29, 0.717) is 6.04 Å². The lowest BCUT2D eigenvalue weighted by molar-refractivity contribution is 0.587. The fourth-order valence-corrected chi connectivity index (χ4v) is 1.12. The molecule has 0 bridgehead atoms. The molecular formula is C11H18N2. The number of aromatic nitrogens is 1. The Balaban J connectivity index is 2.63. The van der Waals surface area contributed by atoms with Gasteiger partial charge in [0.15, 0.2) is 0 Å². The molecule has 0 amide bonds. The van der Waals surface area contributed by atoms with Crippen LogP contribution in [0, 0.1) is 13.8 Å². The average Bonchev–Trinajstić information content (AvgIpc) is 2.07. The molecule has 0 saturated heterocycles. The lowest BCUT2D eigenvalue weighted by Gasteiger charge is -2.08. The third-order valence-electron chi connectivity index (χ3n) is 2.11. The lowest BCUT2D eigenvalue weighted by Crippen LogP contribution is -2.21. The molecule has 1 aromatic rings. The van der Waals surface area contributed by atoms with Crippen LogP contribution in [0.15, 0.2) is 12.3 Å². The second-order valence-electron chi connectivity index (χ2n) is 3.78. The van der Waals surface area contributed by atoms with Crippen LogP contribution in [0.5, 0.6) is 0 Å². The van der Waals surface area contributed by atoms with E-state index >= 15 is 0 Å². The minimum atomic E-state index is 0.529. The van der Waals surface area contributed by atoms with Gasteiger partial charge in [0, 0.05) is 24.5 Å². The molecule has 0 atom stereocenters. The first-order valence-corrected chi connectivity index (χ1v) is 4.75. The first-order chi connectivity index (χ1) is 6.09. The molecule has 0 aromatic carbocycles. The van der Waals surface area contributed by atoms with Crippen molar-refractivity contribution in [1.29, 1.82) is 0 Å². The highest BCUT2D eigenvalue weighted by molar-refractivity contribution is 5.22. The summed E-state index contributed by atoms with van der Waals surface area (Å²) in [5, 5.41) is 3.37. The molecular weight excluding hydrogens is 160 g/mol. The lowest BCUT2D eigenvalue weighted by atomic mass is 10.1. The molecule has 1 rings (SSSR count). The molecule has 2 heteroatoms. The second-order valence-corrected chi connectivity index (χ2v) is 3.78. The maximum atomic E-state index is 4.32. The zero-order chi connectivity index (χ0) is 9.84. The Morgan fingerprint density at radius 3 is 2.62 bits per heavy atom. The van der Waals surface area contributed by atoms with Gasteiger partial charge in [0.2, 0.25) is 0 Å². The zero-order valence-corrected chi connectivity index (χ0v) is 8.89. The smallest absolute Gasteiger partial charge is 0.0402 e. The molecule has 72 valence electrons. The van der Waals surface area contributed by atoms with Crippen LogP contribution < -0.4 is 5.32 Å². The van der Waals surface area contributed by atoms with E-state index < -0.39 is 0 Å². The van der Waals surface area contributed by atoms with Gasteiger partial charge in [0.1, 0.15) is 0 Å². The number of hydrogen-bond donors (Lipinski definition) is 1. The van der Waals surface area contributed by atoms with E-state index in [1.807, 2.05) is 13.1 Å². The van der Waals surface area contributed by atoms with E-state index in [2.05, 4.69) is 37.1 Å². The van der Waals surface area contributed by atoms with Gasteiger partial charge in [-0.1, -0.05) is 19.9 Å². The highest BCUT2D eigenvalue weighted by atomic mass is 14.9. The van der Waals surface area contributed by atoms with Gasteiger partial charge in [0.05, 0.1) is 0 Å². The summed E-state index contributed by atoms with van der Waals surface area (Å²) in [6.07, 6.45) is 1.94. The van der Waals surface area contributed by atoms with Crippen molar-refractivity contribution >= 4 is 0 Å². The number of hydrogen-bond acceptors (Lipinski definition) is 2. The molecule has 0 saturated carbocycles. The van der Waals surface area contributed by atoms with Gasteiger partial charge < -0.3 is 5.32 Å². The predicted molar refractivity (Wildman–Crippen MR) is 55.7 cm³/mol. The Kier molecular flexibility index (Phi) is 3.43. The first kappa shape index (κ1) is 10.2. The molecule has 0 aliphatic rings. The fraction of sp³-hybridized carbons (Fsp3) is 0.545. The maximum absolute atomic E-state index is 4.32. The number of nitrogens with zero attached hydrogens (tertiary/aromatic N) is 1. The minimum Gasteiger partial charge on any atom is -0.310 e. The molecule has 13 heavy (non-hydrogen) atoms. The highest BCUT2D eigenvalue weighted by Gasteiger charge is 1.98. The summed E-state index contributed by atoms with van der Waals surface area (Å²) in [5.41, 5.74) is 3.65. The Labute approximate surface area is 80.4 Å². The summed E-state index contributed by atoms with van der Waals surface area (Å²) in [5.74, 6) is 0. The van der Waals surface area contributed by atoms with Crippen molar-refractivity contribution in [2.75, 3.05) is 0 Å². The SMILES string of the molecule is Cc1cc(CNC(C)C)cnc1C. The van der Waals surface area contributed by atoms with Crippen molar-refractivity contribution in [2.24, 2.45) is 0 Å². The summed E-state index contributed by atoms with van der Waals surface area (Å²) < 4.78 is 0. The van der Waals surface area contributed by atoms with Crippen LogP contribution in [0.25, 0.3) is 0 Å². The Hall–Kier alpha value is -0.890. The van der Waals surface area contributed by atoms with Crippen LogP contribution in [0.1, 0.15) is 30.7 Å². The third kappa shape index (κ3) is 3.15. The first-order valence-electron chi connectivity index (χ1n) is 4.75. The van der Waals surface area contributed by atoms with E-state index in [-0.39, 0.29) is 0 Å². The van der Waals surface area contributed by atoms with Crippen LogP contribution in [-0.2, 0) is 6.54 Å². The van der Waals surface area contributed by atoms with Crippen molar-refractivity contribution < 1.29 is 0 Å². The van der Waals surface area contributed by atoms with E-state index in [9.17, 15) is 0 Å². The molecule has 1 aromatic heterocycles. The summed E-state index contributed by atoms with van der Waals surface area (Å²) >= 11 is 0. The number of pyridine rings is 1. The molecule has 2 nitrogen and oxygen atoms in total. The van der Waals surface area contributed by atoms with Gasteiger partial charge in [-0.15, -0.1) is 0 Å². The number of rotatable bonds is 3. The Morgan fingerprint density at radius 1 is 1.38 bits per heavy atom. The molecule has 1 N–H and O–H groups in total. The Morgan fingerprint density at radius 2 is 2.08 bits per heavy atom. The summed E-state index contributed by atoms with van der Waals surface area (Å²) in [7, 11) is 0. The van der Waals surface area contributed by atoms with Crippen LogP contribution in [0.4, 0.5) is 0 Å². The topological polar surface area (TPSA) is 24.9 Å². The van der Waals surface area contributed by atoms with Crippen molar-refractivity contribution in [3.8, 4) is 0 Å². The number of nitrogens with one attached hydrogen (secondary N) is 1. The predicted octanol–water partition coefficient (Wildman–Crippen LogP) is 2.20. The molecule has 0 radical (unpaired) electrons. The van der Waals surface area contributed by atoms with Crippen molar-refractivity contribution in [2.45, 2.75) is 40.3 Å². The van der Waals surface area contributed by atoms with Gasteiger partial charge in [-0.2, -0.15) is 0 Å². The van der Waals surface area contributed by atoms with Gasteiger partial charge in [-0.25, -0.2) is 0 Å². The minimum absolute atomic E-state index is 0.529.